The van der Waals surface area contributed by atoms with Crippen molar-refractivity contribution >= 4 is 17.5 Å². The van der Waals surface area contributed by atoms with Crippen LogP contribution in [0.15, 0.2) is 42.5 Å². The normalized spacial score (nSPS) is 13.2. The lowest BCUT2D eigenvalue weighted by molar-refractivity contribution is -0.128. The van der Waals surface area contributed by atoms with Crippen molar-refractivity contribution in [3.8, 4) is 5.75 Å². The number of carbonyl (C=O) groups excluding carboxylic acids is 1. The Morgan fingerprint density at radius 3 is 2.44 bits per heavy atom. The van der Waals surface area contributed by atoms with Crippen LogP contribution in [0.1, 0.15) is 49.4 Å². The number of rotatable bonds is 7. The van der Waals surface area contributed by atoms with Gasteiger partial charge < -0.3 is 10.1 Å². The molecule has 0 saturated heterocycles. The number of hydrogen-bond acceptors (Lipinski definition) is 2. The van der Waals surface area contributed by atoms with Crippen molar-refractivity contribution in [3.63, 3.8) is 0 Å². The summed E-state index contributed by atoms with van der Waals surface area (Å²) in [6.45, 7) is 8.18. The first-order valence-electron chi connectivity index (χ1n) is 8.74. The molecule has 0 aliphatic carbocycles. The molecule has 0 radical (unpaired) electrons. The molecule has 2 aromatic carbocycles. The maximum atomic E-state index is 12.7. The molecule has 3 nitrogen and oxygen atoms in total. The molecule has 2 atom stereocenters. The second-order valence-electron chi connectivity index (χ2n) is 6.29. The molecule has 134 valence electrons. The van der Waals surface area contributed by atoms with Crippen LogP contribution >= 0.6 is 11.6 Å². The fourth-order valence-corrected chi connectivity index (χ4v) is 2.87. The molecular formula is C21H26ClNO2. The zero-order valence-corrected chi connectivity index (χ0v) is 16.1. The fraction of sp³-hybridized carbons (Fsp3) is 0.381. The van der Waals surface area contributed by atoms with E-state index in [1.54, 1.807) is 12.1 Å². The van der Waals surface area contributed by atoms with E-state index in [1.807, 2.05) is 19.1 Å². The summed E-state index contributed by atoms with van der Waals surface area (Å²) in [7, 11) is 0. The molecule has 1 N–H and O–H groups in total. The topological polar surface area (TPSA) is 38.3 Å². The van der Waals surface area contributed by atoms with E-state index >= 15 is 0 Å². The lowest BCUT2D eigenvalue weighted by Crippen LogP contribution is -2.40. The molecule has 0 aliphatic heterocycles. The van der Waals surface area contributed by atoms with E-state index < -0.39 is 6.10 Å². The second kappa shape index (κ2) is 8.91. The van der Waals surface area contributed by atoms with E-state index in [2.05, 4.69) is 44.3 Å². The predicted octanol–water partition coefficient (Wildman–Crippen LogP) is 5.38. The Morgan fingerprint density at radius 1 is 1.08 bits per heavy atom. The Morgan fingerprint density at radius 2 is 1.84 bits per heavy atom. The van der Waals surface area contributed by atoms with E-state index in [1.165, 1.54) is 11.1 Å². The van der Waals surface area contributed by atoms with Crippen LogP contribution in [-0.4, -0.2) is 12.0 Å². The molecule has 0 aromatic heterocycles. The van der Waals surface area contributed by atoms with Crippen LogP contribution in [0.2, 0.25) is 5.02 Å². The molecule has 0 aliphatic rings. The van der Waals surface area contributed by atoms with Gasteiger partial charge in [-0.3, -0.25) is 4.79 Å². The lowest BCUT2D eigenvalue weighted by Gasteiger charge is -2.23. The van der Waals surface area contributed by atoms with E-state index in [0.29, 0.717) is 17.2 Å². The van der Waals surface area contributed by atoms with Crippen LogP contribution in [0.4, 0.5) is 0 Å². The Bertz CT molecular complexity index is 730. The van der Waals surface area contributed by atoms with E-state index in [4.69, 9.17) is 16.3 Å². The third-order valence-corrected chi connectivity index (χ3v) is 4.63. The van der Waals surface area contributed by atoms with Crippen molar-refractivity contribution in [2.24, 2.45) is 0 Å². The highest BCUT2D eigenvalue weighted by atomic mass is 35.5. The van der Waals surface area contributed by atoms with Gasteiger partial charge in [-0.2, -0.15) is 0 Å². The number of ether oxygens (including phenoxy) is 1. The van der Waals surface area contributed by atoms with Gasteiger partial charge in [0.2, 0.25) is 0 Å². The van der Waals surface area contributed by atoms with Gasteiger partial charge in [0.05, 0.1) is 6.04 Å². The fourth-order valence-electron chi connectivity index (χ4n) is 2.69. The molecule has 0 bridgehead atoms. The molecule has 0 heterocycles. The molecule has 0 fully saturated rings. The van der Waals surface area contributed by atoms with Crippen molar-refractivity contribution in [1.82, 2.24) is 5.32 Å². The number of amides is 1. The molecule has 25 heavy (non-hydrogen) atoms. The molecule has 0 unspecified atom stereocenters. The lowest BCUT2D eigenvalue weighted by atomic mass is 9.99. The molecular weight excluding hydrogens is 334 g/mol. The first-order chi connectivity index (χ1) is 11.9. The summed E-state index contributed by atoms with van der Waals surface area (Å²) in [4.78, 5) is 12.7. The molecule has 0 saturated carbocycles. The summed E-state index contributed by atoms with van der Waals surface area (Å²) in [6, 6.07) is 13.4. The average molecular weight is 360 g/mol. The molecule has 4 heteroatoms. The van der Waals surface area contributed by atoms with Gasteiger partial charge in [-0.15, -0.1) is 0 Å². The van der Waals surface area contributed by atoms with Gasteiger partial charge in [-0.25, -0.2) is 0 Å². The zero-order valence-electron chi connectivity index (χ0n) is 15.3. The third-order valence-electron chi connectivity index (χ3n) is 4.40. The summed E-state index contributed by atoms with van der Waals surface area (Å²) in [5.41, 5.74) is 3.60. The Kier molecular flexibility index (Phi) is 6.89. The monoisotopic (exact) mass is 359 g/mol. The van der Waals surface area contributed by atoms with E-state index in [9.17, 15) is 4.79 Å². The summed E-state index contributed by atoms with van der Waals surface area (Å²) in [6.07, 6.45) is 0.864. The summed E-state index contributed by atoms with van der Waals surface area (Å²) >= 11 is 5.98. The first kappa shape index (κ1) is 19.3. The minimum Gasteiger partial charge on any atom is -0.481 e. The third kappa shape index (κ3) is 5.23. The molecule has 2 aromatic rings. The average Bonchev–Trinajstić information content (AvgIpc) is 2.60. The number of halogens is 1. The Hall–Kier alpha value is -2.00. The summed E-state index contributed by atoms with van der Waals surface area (Å²) in [5, 5.41) is 3.71. The van der Waals surface area contributed by atoms with Crippen molar-refractivity contribution in [2.75, 3.05) is 0 Å². The summed E-state index contributed by atoms with van der Waals surface area (Å²) < 4.78 is 5.83. The quantitative estimate of drug-likeness (QED) is 0.720. The zero-order chi connectivity index (χ0) is 18.4. The SMILES string of the molecule is CC[C@H](NC(=O)[C@@H](CC)Oc1cccc(Cl)c1)c1ccc(C)c(C)c1. The largest absolute Gasteiger partial charge is 0.481 e. The number of benzene rings is 2. The van der Waals surface area contributed by atoms with Crippen LogP contribution in [0.25, 0.3) is 0 Å². The maximum Gasteiger partial charge on any atom is 0.261 e. The second-order valence-corrected chi connectivity index (χ2v) is 6.72. The van der Waals surface area contributed by atoms with Gasteiger partial charge in [0, 0.05) is 5.02 Å². The Labute approximate surface area is 155 Å². The maximum absolute atomic E-state index is 12.7. The van der Waals surface area contributed by atoms with Crippen LogP contribution in [0.5, 0.6) is 5.75 Å². The van der Waals surface area contributed by atoms with Crippen molar-refractivity contribution in [1.29, 1.82) is 0 Å². The van der Waals surface area contributed by atoms with Crippen LogP contribution in [0, 0.1) is 13.8 Å². The standard InChI is InChI=1S/C21H26ClNO2/c1-5-19(16-11-10-14(3)15(4)12-16)23-21(24)20(6-2)25-18-9-7-8-17(22)13-18/h7-13,19-20H,5-6H2,1-4H3,(H,23,24)/t19-,20+/m0/s1. The number of hydrogen-bond donors (Lipinski definition) is 1. The van der Waals surface area contributed by atoms with E-state index in [-0.39, 0.29) is 11.9 Å². The van der Waals surface area contributed by atoms with Crippen molar-refractivity contribution in [3.05, 3.63) is 64.2 Å². The number of aryl methyl sites for hydroxylation is 2. The highest BCUT2D eigenvalue weighted by molar-refractivity contribution is 6.30. The highest BCUT2D eigenvalue weighted by Crippen LogP contribution is 2.22. The van der Waals surface area contributed by atoms with Crippen LogP contribution in [0.3, 0.4) is 0 Å². The van der Waals surface area contributed by atoms with Gasteiger partial charge in [-0.1, -0.05) is 49.7 Å². The first-order valence-corrected chi connectivity index (χ1v) is 9.12. The molecule has 0 spiro atoms. The van der Waals surface area contributed by atoms with Crippen molar-refractivity contribution in [2.45, 2.75) is 52.7 Å². The number of carbonyl (C=O) groups is 1. The predicted molar refractivity (Wildman–Crippen MR) is 103 cm³/mol. The summed E-state index contributed by atoms with van der Waals surface area (Å²) in [5.74, 6) is 0.501. The smallest absolute Gasteiger partial charge is 0.261 e. The molecule has 2 rings (SSSR count). The van der Waals surface area contributed by atoms with Crippen LogP contribution < -0.4 is 10.1 Å². The molecule has 1 amide bonds. The van der Waals surface area contributed by atoms with Crippen LogP contribution in [-0.2, 0) is 4.79 Å². The van der Waals surface area contributed by atoms with Gasteiger partial charge in [-0.05, 0) is 61.6 Å². The number of nitrogens with one attached hydrogen (secondary N) is 1. The Balaban J connectivity index is 2.09. The van der Waals surface area contributed by atoms with Gasteiger partial charge >= 0.3 is 0 Å². The van der Waals surface area contributed by atoms with Crippen molar-refractivity contribution < 1.29 is 9.53 Å². The van der Waals surface area contributed by atoms with Gasteiger partial charge in [0.15, 0.2) is 6.10 Å². The van der Waals surface area contributed by atoms with E-state index in [0.717, 1.165) is 12.0 Å². The van der Waals surface area contributed by atoms with Gasteiger partial charge in [0.1, 0.15) is 5.75 Å². The minimum atomic E-state index is -0.543. The highest BCUT2D eigenvalue weighted by Gasteiger charge is 2.22. The van der Waals surface area contributed by atoms with Gasteiger partial charge in [0.25, 0.3) is 5.91 Å². The minimum absolute atomic E-state index is 0.0242.